The van der Waals surface area contributed by atoms with Crippen LogP contribution in [0.15, 0.2) is 17.0 Å². The summed E-state index contributed by atoms with van der Waals surface area (Å²) in [4.78, 5) is 0.111. The smallest absolute Gasteiger partial charge is 0.240 e. The van der Waals surface area contributed by atoms with Gasteiger partial charge in [0.2, 0.25) is 10.0 Å². The summed E-state index contributed by atoms with van der Waals surface area (Å²) in [5.74, 6) is 0.916. The molecule has 0 spiro atoms. The van der Waals surface area contributed by atoms with Crippen LogP contribution in [0.3, 0.4) is 0 Å². The molecule has 0 saturated carbocycles. The normalized spacial score (nSPS) is 11.7. The lowest BCUT2D eigenvalue weighted by Gasteiger charge is -2.09. The van der Waals surface area contributed by atoms with Crippen LogP contribution in [-0.4, -0.2) is 27.0 Å². The average molecular weight is 309 g/mol. The molecular weight excluding hydrogens is 292 g/mol. The Kier molecular flexibility index (Phi) is 5.78. The van der Waals surface area contributed by atoms with Gasteiger partial charge in [0.1, 0.15) is 0 Å². The molecule has 7 heteroatoms. The molecule has 0 aliphatic carbocycles. The van der Waals surface area contributed by atoms with Crippen LogP contribution in [0.25, 0.3) is 0 Å². The maximum Gasteiger partial charge on any atom is 0.240 e. The van der Waals surface area contributed by atoms with E-state index < -0.39 is 10.0 Å². The first kappa shape index (κ1) is 15.6. The van der Waals surface area contributed by atoms with Gasteiger partial charge in [0, 0.05) is 17.3 Å². The monoisotopic (exact) mass is 308 g/mol. The fraction of sp³-hybridized carbons (Fsp3) is 0.455. The van der Waals surface area contributed by atoms with Crippen molar-refractivity contribution in [2.45, 2.75) is 18.2 Å². The predicted octanol–water partition coefficient (Wildman–Crippen LogP) is 2.26. The Bertz CT molecular complexity index is 495. The molecule has 0 unspecified atom stereocenters. The average Bonchev–Trinajstić information content (AvgIpc) is 2.31. The minimum absolute atomic E-state index is 0.111. The molecule has 1 rings (SSSR count). The van der Waals surface area contributed by atoms with Gasteiger partial charge in [0.05, 0.1) is 4.90 Å². The van der Waals surface area contributed by atoms with Gasteiger partial charge in [0.15, 0.2) is 0 Å². The van der Waals surface area contributed by atoms with E-state index in [1.165, 1.54) is 12.1 Å². The van der Waals surface area contributed by atoms with E-state index in [-0.39, 0.29) is 4.90 Å². The zero-order valence-electron chi connectivity index (χ0n) is 10.4. The van der Waals surface area contributed by atoms with Crippen molar-refractivity contribution in [2.75, 3.05) is 24.3 Å². The summed E-state index contributed by atoms with van der Waals surface area (Å²) in [7, 11) is -3.53. The maximum atomic E-state index is 12.0. The SMILES string of the molecule is CSCCCNS(=O)(=O)c1cc(N)c(C)c(Cl)c1. The van der Waals surface area contributed by atoms with Crippen molar-refractivity contribution in [3.63, 3.8) is 0 Å². The van der Waals surface area contributed by atoms with E-state index in [4.69, 9.17) is 17.3 Å². The molecule has 0 aromatic heterocycles. The minimum Gasteiger partial charge on any atom is -0.398 e. The molecule has 3 N–H and O–H groups in total. The van der Waals surface area contributed by atoms with Crippen LogP contribution in [-0.2, 0) is 10.0 Å². The molecule has 102 valence electrons. The van der Waals surface area contributed by atoms with Crippen LogP contribution in [0.5, 0.6) is 0 Å². The summed E-state index contributed by atoms with van der Waals surface area (Å²) in [6.07, 6.45) is 2.77. The zero-order chi connectivity index (χ0) is 13.8. The Balaban J connectivity index is 2.85. The summed E-state index contributed by atoms with van der Waals surface area (Å²) < 4.78 is 26.5. The van der Waals surface area contributed by atoms with E-state index in [0.29, 0.717) is 22.8 Å². The molecule has 0 atom stereocenters. The molecule has 4 nitrogen and oxygen atoms in total. The highest BCUT2D eigenvalue weighted by molar-refractivity contribution is 7.98. The highest BCUT2D eigenvalue weighted by Gasteiger charge is 2.16. The fourth-order valence-electron chi connectivity index (χ4n) is 1.34. The predicted molar refractivity (Wildman–Crippen MR) is 78.8 cm³/mol. The number of hydrogen-bond donors (Lipinski definition) is 2. The maximum absolute atomic E-state index is 12.0. The first-order valence-electron chi connectivity index (χ1n) is 5.42. The fourth-order valence-corrected chi connectivity index (χ4v) is 3.19. The molecule has 1 aromatic carbocycles. The Hall–Kier alpha value is -0.430. The second-order valence-corrected chi connectivity index (χ2v) is 7.02. The van der Waals surface area contributed by atoms with Crippen molar-refractivity contribution < 1.29 is 8.42 Å². The third kappa shape index (κ3) is 4.05. The van der Waals surface area contributed by atoms with Crippen LogP contribution < -0.4 is 10.5 Å². The Morgan fingerprint density at radius 2 is 2.11 bits per heavy atom. The summed E-state index contributed by atoms with van der Waals surface area (Å²) in [5, 5.41) is 0.361. The van der Waals surface area contributed by atoms with E-state index >= 15 is 0 Å². The van der Waals surface area contributed by atoms with E-state index in [9.17, 15) is 8.42 Å². The highest BCUT2D eigenvalue weighted by Crippen LogP contribution is 2.25. The molecule has 0 aliphatic rings. The van der Waals surface area contributed by atoms with Crippen molar-refractivity contribution in [1.82, 2.24) is 4.72 Å². The Morgan fingerprint density at radius 1 is 1.44 bits per heavy atom. The van der Waals surface area contributed by atoms with Crippen LogP contribution >= 0.6 is 23.4 Å². The van der Waals surface area contributed by atoms with Crippen LogP contribution in [0, 0.1) is 6.92 Å². The van der Waals surface area contributed by atoms with Crippen LogP contribution in [0.4, 0.5) is 5.69 Å². The Labute approximate surface area is 117 Å². The van der Waals surface area contributed by atoms with Gasteiger partial charge >= 0.3 is 0 Å². The van der Waals surface area contributed by atoms with E-state index in [1.807, 2.05) is 6.26 Å². The number of hydrogen-bond acceptors (Lipinski definition) is 4. The molecule has 0 fully saturated rings. The second-order valence-electron chi connectivity index (χ2n) is 3.86. The van der Waals surface area contributed by atoms with Crippen molar-refractivity contribution in [1.29, 1.82) is 0 Å². The molecule has 0 radical (unpaired) electrons. The van der Waals surface area contributed by atoms with Gasteiger partial charge in [-0.25, -0.2) is 13.1 Å². The number of anilines is 1. The lowest BCUT2D eigenvalue weighted by atomic mass is 10.2. The third-order valence-electron chi connectivity index (χ3n) is 2.49. The second kappa shape index (κ2) is 6.65. The van der Waals surface area contributed by atoms with Gasteiger partial charge in [-0.05, 0) is 43.0 Å². The van der Waals surface area contributed by atoms with Crippen LogP contribution in [0.2, 0.25) is 5.02 Å². The van der Waals surface area contributed by atoms with Gasteiger partial charge in [-0.15, -0.1) is 0 Å². The highest BCUT2D eigenvalue weighted by atomic mass is 35.5. The van der Waals surface area contributed by atoms with Gasteiger partial charge in [-0.2, -0.15) is 11.8 Å². The lowest BCUT2D eigenvalue weighted by molar-refractivity contribution is 0.581. The number of nitrogens with one attached hydrogen (secondary N) is 1. The van der Waals surface area contributed by atoms with Gasteiger partial charge in [-0.1, -0.05) is 11.6 Å². The quantitative estimate of drug-likeness (QED) is 0.624. The number of rotatable bonds is 6. The van der Waals surface area contributed by atoms with Crippen LogP contribution in [0.1, 0.15) is 12.0 Å². The summed E-state index contributed by atoms with van der Waals surface area (Å²) >= 11 is 7.61. The standard InChI is InChI=1S/C11H17ClN2O2S2/c1-8-10(12)6-9(7-11(8)13)18(15,16)14-4-3-5-17-2/h6-7,14H,3-5,13H2,1-2H3. The molecule has 0 saturated heterocycles. The first-order valence-corrected chi connectivity index (χ1v) is 8.68. The van der Waals surface area contributed by atoms with Crippen molar-refractivity contribution in [3.8, 4) is 0 Å². The lowest BCUT2D eigenvalue weighted by Crippen LogP contribution is -2.25. The molecule has 0 heterocycles. The van der Waals surface area contributed by atoms with Crippen molar-refractivity contribution in [3.05, 3.63) is 22.7 Å². The Morgan fingerprint density at radius 3 is 2.67 bits per heavy atom. The van der Waals surface area contributed by atoms with Gasteiger partial charge in [-0.3, -0.25) is 0 Å². The van der Waals surface area contributed by atoms with Gasteiger partial charge < -0.3 is 5.73 Å². The number of thioether (sulfide) groups is 1. The summed E-state index contributed by atoms with van der Waals surface area (Å²) in [5.41, 5.74) is 6.79. The van der Waals surface area contributed by atoms with Gasteiger partial charge in [0.25, 0.3) is 0 Å². The minimum atomic E-state index is -3.53. The number of halogens is 1. The molecule has 0 amide bonds. The zero-order valence-corrected chi connectivity index (χ0v) is 12.8. The number of sulfonamides is 1. The number of benzene rings is 1. The summed E-state index contributed by atoms with van der Waals surface area (Å²) in [6.45, 7) is 2.16. The van der Waals surface area contributed by atoms with E-state index in [0.717, 1.165) is 12.2 Å². The third-order valence-corrected chi connectivity index (χ3v) is 5.02. The summed E-state index contributed by atoms with van der Waals surface area (Å²) in [6, 6.07) is 2.85. The topological polar surface area (TPSA) is 72.2 Å². The van der Waals surface area contributed by atoms with E-state index in [1.54, 1.807) is 18.7 Å². The molecule has 0 bridgehead atoms. The largest absolute Gasteiger partial charge is 0.398 e. The number of nitrogens with two attached hydrogens (primary N) is 1. The molecule has 0 aliphatic heterocycles. The first-order chi connectivity index (χ1) is 8.38. The van der Waals surface area contributed by atoms with Crippen molar-refractivity contribution >= 4 is 39.1 Å². The molecule has 1 aromatic rings. The number of nitrogen functional groups attached to an aromatic ring is 1. The molecule has 18 heavy (non-hydrogen) atoms. The molecular formula is C11H17ClN2O2S2. The van der Waals surface area contributed by atoms with E-state index in [2.05, 4.69) is 4.72 Å². The van der Waals surface area contributed by atoms with Crippen molar-refractivity contribution in [2.24, 2.45) is 0 Å².